The Bertz CT molecular complexity index is 596. The number of nitrogens with zero attached hydrogens (tertiary/aromatic N) is 1. The Kier molecular flexibility index (Phi) is 6.83. The number of rotatable bonds is 9. The average molecular weight is 362 g/mol. The van der Waals surface area contributed by atoms with Gasteiger partial charge >= 0.3 is 0 Å². The minimum Gasteiger partial charge on any atom is -0.378 e. The molecule has 2 unspecified atom stereocenters. The van der Waals surface area contributed by atoms with Gasteiger partial charge in [-0.3, -0.25) is 9.69 Å². The monoisotopic (exact) mass is 361 g/mol. The molecule has 1 saturated carbocycles. The van der Waals surface area contributed by atoms with E-state index in [1.54, 1.807) is 0 Å². The van der Waals surface area contributed by atoms with Gasteiger partial charge in [-0.15, -0.1) is 0 Å². The van der Waals surface area contributed by atoms with E-state index in [4.69, 9.17) is 10.5 Å². The van der Waals surface area contributed by atoms with E-state index in [1.165, 1.54) is 5.56 Å². The van der Waals surface area contributed by atoms with Crippen LogP contribution in [-0.2, 0) is 22.6 Å². The molecule has 0 heterocycles. The van der Waals surface area contributed by atoms with Crippen LogP contribution in [0.5, 0.6) is 0 Å². The summed E-state index contributed by atoms with van der Waals surface area (Å²) >= 11 is 0. The number of nitrogens with one attached hydrogen (secondary N) is 1. The summed E-state index contributed by atoms with van der Waals surface area (Å²) in [5, 5.41) is 3.01. The van der Waals surface area contributed by atoms with E-state index in [9.17, 15) is 4.79 Å². The minimum atomic E-state index is -0.866. The third-order valence-electron chi connectivity index (χ3n) is 6.01. The highest BCUT2D eigenvalue weighted by Gasteiger charge is 2.62. The van der Waals surface area contributed by atoms with E-state index in [1.807, 2.05) is 20.8 Å². The van der Waals surface area contributed by atoms with Crippen molar-refractivity contribution in [1.82, 2.24) is 10.2 Å². The maximum atomic E-state index is 12.7. The van der Waals surface area contributed by atoms with Crippen LogP contribution in [0.2, 0.25) is 0 Å². The molecule has 2 atom stereocenters. The Morgan fingerprint density at radius 3 is 2.27 bits per heavy atom. The van der Waals surface area contributed by atoms with Gasteiger partial charge in [-0.05, 0) is 31.1 Å². The quantitative estimate of drug-likeness (QED) is 0.710. The van der Waals surface area contributed by atoms with Crippen molar-refractivity contribution in [2.45, 2.75) is 65.8 Å². The molecule has 2 rings (SSSR count). The highest BCUT2D eigenvalue weighted by molar-refractivity contribution is 5.88. The molecule has 0 saturated heterocycles. The minimum absolute atomic E-state index is 0.0441. The van der Waals surface area contributed by atoms with Crippen molar-refractivity contribution < 1.29 is 9.53 Å². The Labute approximate surface area is 158 Å². The Morgan fingerprint density at radius 1 is 1.19 bits per heavy atom. The molecule has 0 radical (unpaired) electrons. The molecule has 0 bridgehead atoms. The summed E-state index contributed by atoms with van der Waals surface area (Å²) in [5.41, 5.74) is 7.57. The Balaban J connectivity index is 1.90. The van der Waals surface area contributed by atoms with Crippen LogP contribution in [0, 0.1) is 5.41 Å². The first-order valence-corrected chi connectivity index (χ1v) is 9.77. The lowest BCUT2D eigenvalue weighted by Crippen LogP contribution is -2.75. The van der Waals surface area contributed by atoms with Gasteiger partial charge in [-0.2, -0.15) is 0 Å². The molecule has 0 spiro atoms. The number of ether oxygens (including phenoxy) is 1. The van der Waals surface area contributed by atoms with Crippen molar-refractivity contribution in [2.24, 2.45) is 11.1 Å². The topological polar surface area (TPSA) is 67.6 Å². The zero-order valence-corrected chi connectivity index (χ0v) is 17.0. The summed E-state index contributed by atoms with van der Waals surface area (Å²) in [5.74, 6) is -0.0920. The van der Waals surface area contributed by atoms with E-state index in [0.29, 0.717) is 19.6 Å². The molecule has 3 N–H and O–H groups in total. The maximum absolute atomic E-state index is 12.7. The highest BCUT2D eigenvalue weighted by Crippen LogP contribution is 2.49. The van der Waals surface area contributed by atoms with Crippen LogP contribution in [0.15, 0.2) is 24.3 Å². The second-order valence-electron chi connectivity index (χ2n) is 7.80. The second-order valence-corrected chi connectivity index (χ2v) is 7.80. The Morgan fingerprint density at radius 2 is 1.77 bits per heavy atom. The molecule has 1 aliphatic rings. The molecule has 1 aromatic rings. The van der Waals surface area contributed by atoms with Crippen LogP contribution in [0.3, 0.4) is 0 Å². The van der Waals surface area contributed by atoms with Crippen LogP contribution in [0.1, 0.15) is 52.2 Å². The largest absolute Gasteiger partial charge is 0.378 e. The zero-order chi connectivity index (χ0) is 19.4. The van der Waals surface area contributed by atoms with E-state index in [-0.39, 0.29) is 17.4 Å². The fourth-order valence-electron chi connectivity index (χ4n) is 3.63. The summed E-state index contributed by atoms with van der Waals surface area (Å²) in [6, 6.07) is 8.43. The molecule has 5 heteroatoms. The molecular formula is C21H35N3O2. The number of carbonyl (C=O) groups is 1. The first kappa shape index (κ1) is 20.9. The zero-order valence-electron chi connectivity index (χ0n) is 17.0. The molecule has 5 nitrogen and oxygen atoms in total. The van der Waals surface area contributed by atoms with Gasteiger partial charge in [0, 0.05) is 31.5 Å². The molecule has 146 valence electrons. The van der Waals surface area contributed by atoms with Crippen molar-refractivity contribution in [2.75, 3.05) is 19.7 Å². The van der Waals surface area contributed by atoms with E-state index in [2.05, 4.69) is 48.3 Å². The van der Waals surface area contributed by atoms with Crippen molar-refractivity contribution in [3.05, 3.63) is 35.4 Å². The molecule has 1 amide bonds. The number of carbonyl (C=O) groups excluding carboxylic acids is 1. The predicted molar refractivity (Wildman–Crippen MR) is 106 cm³/mol. The lowest BCUT2D eigenvalue weighted by Gasteiger charge is -2.57. The first-order chi connectivity index (χ1) is 12.3. The molecule has 1 aliphatic carbocycles. The molecular weight excluding hydrogens is 326 g/mol. The van der Waals surface area contributed by atoms with Gasteiger partial charge in [0.15, 0.2) is 0 Å². The lowest BCUT2D eigenvalue weighted by molar-refractivity contribution is -0.170. The average Bonchev–Trinajstić information content (AvgIpc) is 2.64. The molecule has 0 aromatic heterocycles. The van der Waals surface area contributed by atoms with Crippen LogP contribution < -0.4 is 11.1 Å². The first-order valence-electron chi connectivity index (χ1n) is 9.77. The fraction of sp³-hybridized carbons (Fsp3) is 0.667. The SMILES string of the molecule is CCOC1CC(N)(C(=O)NCc2ccc(CN(CC)CC)cc2)C1(C)C. The molecule has 26 heavy (non-hydrogen) atoms. The van der Waals surface area contributed by atoms with Crippen LogP contribution in [0.25, 0.3) is 0 Å². The molecule has 0 aliphatic heterocycles. The van der Waals surface area contributed by atoms with Crippen molar-refractivity contribution in [1.29, 1.82) is 0 Å². The van der Waals surface area contributed by atoms with Crippen LogP contribution in [-0.4, -0.2) is 42.1 Å². The highest BCUT2D eigenvalue weighted by atomic mass is 16.5. The molecule has 1 aromatic carbocycles. The van der Waals surface area contributed by atoms with Crippen LogP contribution in [0.4, 0.5) is 0 Å². The predicted octanol–water partition coefficient (Wildman–Crippen LogP) is 2.68. The van der Waals surface area contributed by atoms with Gasteiger partial charge in [0.1, 0.15) is 5.54 Å². The van der Waals surface area contributed by atoms with Crippen LogP contribution >= 0.6 is 0 Å². The summed E-state index contributed by atoms with van der Waals surface area (Å²) in [7, 11) is 0. The standard InChI is InChI=1S/C21H35N3O2/c1-6-24(7-2)15-17-11-9-16(10-12-17)14-23-19(25)21(22)13-18(26-8-3)20(21,4)5/h9-12,18H,6-8,13-15,22H2,1-5H3,(H,23,25). The number of hydrogen-bond acceptors (Lipinski definition) is 4. The molecule has 1 fully saturated rings. The van der Waals surface area contributed by atoms with Gasteiger partial charge in [0.25, 0.3) is 0 Å². The van der Waals surface area contributed by atoms with Gasteiger partial charge in [-0.25, -0.2) is 0 Å². The fourth-order valence-corrected chi connectivity index (χ4v) is 3.63. The van der Waals surface area contributed by atoms with E-state index in [0.717, 1.165) is 25.2 Å². The van der Waals surface area contributed by atoms with Gasteiger partial charge in [0.05, 0.1) is 6.10 Å². The maximum Gasteiger partial charge on any atom is 0.241 e. The number of hydrogen-bond donors (Lipinski definition) is 2. The van der Waals surface area contributed by atoms with Crippen molar-refractivity contribution >= 4 is 5.91 Å². The summed E-state index contributed by atoms with van der Waals surface area (Å²) in [6.07, 6.45) is 0.616. The number of benzene rings is 1. The van der Waals surface area contributed by atoms with Gasteiger partial charge in [-0.1, -0.05) is 52.0 Å². The summed E-state index contributed by atoms with van der Waals surface area (Å²) in [4.78, 5) is 15.1. The van der Waals surface area contributed by atoms with Gasteiger partial charge < -0.3 is 15.8 Å². The Hall–Kier alpha value is -1.43. The van der Waals surface area contributed by atoms with E-state index >= 15 is 0 Å². The third-order valence-corrected chi connectivity index (χ3v) is 6.01. The van der Waals surface area contributed by atoms with Crippen molar-refractivity contribution in [3.8, 4) is 0 Å². The van der Waals surface area contributed by atoms with E-state index < -0.39 is 5.54 Å². The smallest absolute Gasteiger partial charge is 0.241 e. The van der Waals surface area contributed by atoms with Crippen molar-refractivity contribution in [3.63, 3.8) is 0 Å². The number of amides is 1. The normalized spacial score (nSPS) is 24.3. The lowest BCUT2D eigenvalue weighted by atomic mass is 9.54. The third kappa shape index (κ3) is 4.11. The number of nitrogens with two attached hydrogens (primary N) is 1. The second kappa shape index (κ2) is 8.51. The summed E-state index contributed by atoms with van der Waals surface area (Å²) < 4.78 is 5.70. The summed E-state index contributed by atoms with van der Waals surface area (Å²) in [6.45, 7) is 14.5. The van der Waals surface area contributed by atoms with Gasteiger partial charge in [0.2, 0.25) is 5.91 Å².